The first kappa shape index (κ1) is 10.6. The van der Waals surface area contributed by atoms with Crippen LogP contribution in [0, 0.1) is 11.8 Å². The van der Waals surface area contributed by atoms with Crippen molar-refractivity contribution in [3.63, 3.8) is 0 Å². The van der Waals surface area contributed by atoms with Crippen LogP contribution >= 0.6 is 15.9 Å². The maximum atomic E-state index is 3.85. The first-order valence-corrected chi connectivity index (χ1v) is 6.31. The highest BCUT2D eigenvalue weighted by Crippen LogP contribution is 2.34. The van der Waals surface area contributed by atoms with E-state index in [9.17, 15) is 0 Å². The third-order valence-electron chi connectivity index (χ3n) is 3.36. The lowest BCUT2D eigenvalue weighted by Gasteiger charge is -2.25. The molecule has 3 unspecified atom stereocenters. The molecule has 1 saturated carbocycles. The highest BCUT2D eigenvalue weighted by molar-refractivity contribution is 9.09. The van der Waals surface area contributed by atoms with Crippen LogP contribution in [0.5, 0.6) is 0 Å². The number of halogens is 1. The quantitative estimate of drug-likeness (QED) is 0.490. The Morgan fingerprint density at radius 2 is 1.92 bits per heavy atom. The summed E-state index contributed by atoms with van der Waals surface area (Å²) in [4.78, 5) is 0.801. The minimum Gasteiger partial charge on any atom is -0.0888 e. The monoisotopic (exact) mass is 232 g/mol. The molecular formula is C11H21Br. The van der Waals surface area contributed by atoms with Crippen molar-refractivity contribution in [1.82, 2.24) is 0 Å². The first-order valence-electron chi connectivity index (χ1n) is 5.39. The van der Waals surface area contributed by atoms with Crippen molar-refractivity contribution in [2.75, 3.05) is 0 Å². The molecule has 0 saturated heterocycles. The summed E-state index contributed by atoms with van der Waals surface area (Å²) in [5.41, 5.74) is 0. The molecule has 0 bridgehead atoms. The standard InChI is InChI=1S/C11H21Br/c1-3-9(2)10-7-5-4-6-8-11(10)12/h9-11H,3-8H2,1-2H3. The molecule has 0 nitrogen and oxygen atoms in total. The van der Waals surface area contributed by atoms with Gasteiger partial charge in [-0.3, -0.25) is 0 Å². The Labute approximate surface area is 85.3 Å². The predicted molar refractivity (Wildman–Crippen MR) is 58.7 cm³/mol. The Morgan fingerprint density at radius 1 is 1.25 bits per heavy atom. The maximum absolute atomic E-state index is 3.85. The summed E-state index contributed by atoms with van der Waals surface area (Å²) in [6.07, 6.45) is 8.53. The van der Waals surface area contributed by atoms with Crippen molar-refractivity contribution in [2.45, 2.75) is 57.2 Å². The molecule has 0 aromatic heterocycles. The molecule has 0 amide bonds. The lowest BCUT2D eigenvalue weighted by Crippen LogP contribution is -2.20. The van der Waals surface area contributed by atoms with E-state index in [4.69, 9.17) is 0 Å². The van der Waals surface area contributed by atoms with E-state index in [0.29, 0.717) is 0 Å². The Balaban J connectivity index is 2.46. The molecule has 0 N–H and O–H groups in total. The van der Waals surface area contributed by atoms with Gasteiger partial charge >= 0.3 is 0 Å². The molecule has 0 aromatic rings. The van der Waals surface area contributed by atoms with Crippen molar-refractivity contribution in [3.05, 3.63) is 0 Å². The Bertz CT molecular complexity index is 122. The fourth-order valence-corrected chi connectivity index (χ4v) is 3.34. The smallest absolute Gasteiger partial charge is 0.0176 e. The summed E-state index contributed by atoms with van der Waals surface area (Å²) in [5, 5.41) is 0. The van der Waals surface area contributed by atoms with Crippen LogP contribution < -0.4 is 0 Å². The largest absolute Gasteiger partial charge is 0.0888 e. The third kappa shape index (κ3) is 2.76. The van der Waals surface area contributed by atoms with Gasteiger partial charge in [-0.05, 0) is 24.7 Å². The van der Waals surface area contributed by atoms with Gasteiger partial charge in [-0.25, -0.2) is 0 Å². The summed E-state index contributed by atoms with van der Waals surface area (Å²) in [6.45, 7) is 4.72. The Kier molecular flexibility index (Phi) is 4.63. The van der Waals surface area contributed by atoms with Crippen LogP contribution in [0.15, 0.2) is 0 Å². The lowest BCUT2D eigenvalue weighted by molar-refractivity contribution is 0.323. The molecule has 0 spiro atoms. The van der Waals surface area contributed by atoms with E-state index in [0.717, 1.165) is 16.7 Å². The molecule has 72 valence electrons. The minimum absolute atomic E-state index is 0.801. The number of hydrogen-bond donors (Lipinski definition) is 0. The summed E-state index contributed by atoms with van der Waals surface area (Å²) in [6, 6.07) is 0. The molecule has 0 heterocycles. The first-order chi connectivity index (χ1) is 5.75. The van der Waals surface area contributed by atoms with Crippen molar-refractivity contribution < 1.29 is 0 Å². The number of alkyl halides is 1. The fourth-order valence-electron chi connectivity index (χ4n) is 2.23. The lowest BCUT2D eigenvalue weighted by atomic mass is 9.86. The normalized spacial score (nSPS) is 34.2. The van der Waals surface area contributed by atoms with Gasteiger partial charge in [0.1, 0.15) is 0 Å². The van der Waals surface area contributed by atoms with Crippen molar-refractivity contribution in [1.29, 1.82) is 0 Å². The van der Waals surface area contributed by atoms with E-state index in [1.54, 1.807) is 0 Å². The second-order valence-electron chi connectivity index (χ2n) is 4.20. The summed E-state index contributed by atoms with van der Waals surface area (Å²) in [5.74, 6) is 1.85. The van der Waals surface area contributed by atoms with Crippen LogP contribution in [0.25, 0.3) is 0 Å². The van der Waals surface area contributed by atoms with Gasteiger partial charge in [-0.15, -0.1) is 0 Å². The van der Waals surface area contributed by atoms with Crippen molar-refractivity contribution in [3.8, 4) is 0 Å². The van der Waals surface area contributed by atoms with E-state index in [1.165, 1.54) is 38.5 Å². The zero-order valence-corrected chi connectivity index (χ0v) is 9.94. The van der Waals surface area contributed by atoms with Crippen LogP contribution in [0.1, 0.15) is 52.4 Å². The molecule has 0 aliphatic heterocycles. The highest BCUT2D eigenvalue weighted by atomic mass is 79.9. The van der Waals surface area contributed by atoms with Crippen LogP contribution in [-0.4, -0.2) is 4.83 Å². The van der Waals surface area contributed by atoms with E-state index in [-0.39, 0.29) is 0 Å². The highest BCUT2D eigenvalue weighted by Gasteiger charge is 2.24. The average Bonchev–Trinajstić information content (AvgIpc) is 2.28. The molecule has 1 heteroatoms. The van der Waals surface area contributed by atoms with Gasteiger partial charge in [-0.1, -0.05) is 55.5 Å². The van der Waals surface area contributed by atoms with E-state index < -0.39 is 0 Å². The van der Waals surface area contributed by atoms with Gasteiger partial charge in [-0.2, -0.15) is 0 Å². The van der Waals surface area contributed by atoms with Crippen LogP contribution in [0.4, 0.5) is 0 Å². The molecule has 0 aromatic carbocycles. The van der Waals surface area contributed by atoms with Crippen LogP contribution in [-0.2, 0) is 0 Å². The molecule has 1 aliphatic carbocycles. The van der Waals surface area contributed by atoms with Gasteiger partial charge in [0.2, 0.25) is 0 Å². The van der Waals surface area contributed by atoms with Crippen LogP contribution in [0.3, 0.4) is 0 Å². The van der Waals surface area contributed by atoms with Gasteiger partial charge < -0.3 is 0 Å². The summed E-state index contributed by atoms with van der Waals surface area (Å²) >= 11 is 3.85. The van der Waals surface area contributed by atoms with Gasteiger partial charge in [0.15, 0.2) is 0 Å². The fraction of sp³-hybridized carbons (Fsp3) is 1.00. The molecule has 12 heavy (non-hydrogen) atoms. The third-order valence-corrected chi connectivity index (χ3v) is 4.49. The molecule has 1 rings (SSSR count). The maximum Gasteiger partial charge on any atom is 0.0176 e. The van der Waals surface area contributed by atoms with E-state index >= 15 is 0 Å². The van der Waals surface area contributed by atoms with Crippen molar-refractivity contribution in [2.24, 2.45) is 11.8 Å². The summed E-state index contributed by atoms with van der Waals surface area (Å²) in [7, 11) is 0. The molecule has 1 fully saturated rings. The zero-order chi connectivity index (χ0) is 8.97. The van der Waals surface area contributed by atoms with Gasteiger partial charge in [0, 0.05) is 4.83 Å². The SMILES string of the molecule is CCC(C)C1CCCCCC1Br. The minimum atomic E-state index is 0.801. The number of rotatable bonds is 2. The zero-order valence-electron chi connectivity index (χ0n) is 8.35. The number of hydrogen-bond acceptors (Lipinski definition) is 0. The second-order valence-corrected chi connectivity index (χ2v) is 5.38. The second kappa shape index (κ2) is 5.26. The van der Waals surface area contributed by atoms with E-state index in [2.05, 4.69) is 29.8 Å². The van der Waals surface area contributed by atoms with Crippen LogP contribution in [0.2, 0.25) is 0 Å². The molecular weight excluding hydrogens is 212 g/mol. The molecule has 1 aliphatic rings. The van der Waals surface area contributed by atoms with Gasteiger partial charge in [0.25, 0.3) is 0 Å². The predicted octanol–water partition coefficient (Wildman–Crippen LogP) is 4.38. The summed E-state index contributed by atoms with van der Waals surface area (Å²) < 4.78 is 0. The molecule has 0 radical (unpaired) electrons. The Morgan fingerprint density at radius 3 is 2.58 bits per heavy atom. The van der Waals surface area contributed by atoms with Gasteiger partial charge in [0.05, 0.1) is 0 Å². The topological polar surface area (TPSA) is 0 Å². The van der Waals surface area contributed by atoms with E-state index in [1.807, 2.05) is 0 Å². The Hall–Kier alpha value is 0.480. The van der Waals surface area contributed by atoms with Crippen molar-refractivity contribution >= 4 is 15.9 Å². The molecule has 3 atom stereocenters. The average molecular weight is 233 g/mol.